The van der Waals surface area contributed by atoms with Gasteiger partial charge in [-0.15, -0.1) is 0 Å². The molecule has 0 amide bonds. The second kappa shape index (κ2) is 8.67. The van der Waals surface area contributed by atoms with Gasteiger partial charge in [0.2, 0.25) is 0 Å². The Balaban J connectivity index is 1.43. The predicted octanol–water partition coefficient (Wildman–Crippen LogP) is 4.61. The molecule has 41 heavy (non-hydrogen) atoms. The molecule has 0 fully saturated rings. The van der Waals surface area contributed by atoms with Crippen LogP contribution in [0.1, 0.15) is 46.3 Å². The minimum absolute atomic E-state index is 0.00880. The van der Waals surface area contributed by atoms with Gasteiger partial charge < -0.3 is 39.7 Å². The number of hydrogen-bond donors (Lipinski definition) is 5. The number of phenolic OH excluding ortho intramolecular Hbond substituents is 4. The Bertz CT molecular complexity index is 1740. The third-order valence-corrected chi connectivity index (χ3v) is 7.95. The molecule has 4 aromatic rings. The number of aliphatic hydroxyl groups excluding tert-OH is 1. The molecule has 7 rings (SSSR count). The van der Waals surface area contributed by atoms with Crippen LogP contribution in [0, 0.1) is 10.1 Å². The number of benzene rings is 4. The van der Waals surface area contributed by atoms with E-state index in [1.165, 1.54) is 54.6 Å². The average molecular weight is 558 g/mol. The van der Waals surface area contributed by atoms with E-state index in [0.29, 0.717) is 33.6 Å². The molecular weight excluding hydrogens is 534 g/mol. The second-order valence-electron chi connectivity index (χ2n) is 10.4. The first-order valence-corrected chi connectivity index (χ1v) is 12.8. The second-order valence-corrected chi connectivity index (χ2v) is 10.4. The zero-order chi connectivity index (χ0) is 28.6. The molecule has 5 N–H and O–H groups in total. The lowest BCUT2D eigenvalue weighted by atomic mass is 9.76. The van der Waals surface area contributed by atoms with E-state index < -0.39 is 28.8 Å². The van der Waals surface area contributed by atoms with Gasteiger partial charge in [0.1, 0.15) is 34.9 Å². The van der Waals surface area contributed by atoms with E-state index in [1.807, 2.05) is 0 Å². The van der Waals surface area contributed by atoms with Crippen LogP contribution in [0.4, 0.5) is 5.69 Å². The maximum atomic E-state index is 11.7. The van der Waals surface area contributed by atoms with E-state index >= 15 is 0 Å². The van der Waals surface area contributed by atoms with Crippen LogP contribution in [0.3, 0.4) is 0 Å². The third-order valence-electron chi connectivity index (χ3n) is 7.95. The van der Waals surface area contributed by atoms with Gasteiger partial charge in [-0.3, -0.25) is 10.1 Å². The monoisotopic (exact) mass is 557 g/mol. The number of non-ortho nitro benzene ring substituents is 1. The smallest absolute Gasteiger partial charge is 0.278 e. The fourth-order valence-electron chi connectivity index (χ4n) is 6.02. The van der Waals surface area contributed by atoms with Gasteiger partial charge in [0.05, 0.1) is 11.0 Å². The first-order chi connectivity index (χ1) is 19.6. The summed E-state index contributed by atoms with van der Waals surface area (Å²) in [4.78, 5) is 11.2. The first kappa shape index (κ1) is 24.9. The molecule has 208 valence electrons. The predicted molar refractivity (Wildman–Crippen MR) is 142 cm³/mol. The SMILES string of the molecule is O=[N+]([O-])c1ccc2c(c1)[C@@H]1C[C@](c3ccc(O)cc3)(O2)Oc2cc(O)c3c(c21)O[C@H](c1ccc(O)c(O)c1)[C@@H](O)C3. The van der Waals surface area contributed by atoms with E-state index in [0.717, 1.165) is 0 Å². The van der Waals surface area contributed by atoms with Crippen molar-refractivity contribution in [1.82, 2.24) is 0 Å². The molecule has 0 aromatic heterocycles. The van der Waals surface area contributed by atoms with Crippen molar-refractivity contribution in [2.75, 3.05) is 0 Å². The highest BCUT2D eigenvalue weighted by Crippen LogP contribution is 2.60. The molecule has 2 bridgehead atoms. The molecule has 3 aliphatic rings. The lowest BCUT2D eigenvalue weighted by Gasteiger charge is -2.47. The van der Waals surface area contributed by atoms with Gasteiger partial charge in [-0.05, 0) is 48.0 Å². The summed E-state index contributed by atoms with van der Waals surface area (Å²) in [6.07, 6.45) is -1.87. The van der Waals surface area contributed by atoms with Crippen molar-refractivity contribution < 1.29 is 44.7 Å². The van der Waals surface area contributed by atoms with Crippen LogP contribution in [0.2, 0.25) is 0 Å². The Morgan fingerprint density at radius 1 is 0.854 bits per heavy atom. The fraction of sp³-hybridized carbons (Fsp3) is 0.200. The van der Waals surface area contributed by atoms with Crippen LogP contribution in [0.15, 0.2) is 66.7 Å². The molecular formula is C30H23NO10. The molecule has 0 spiro atoms. The Labute approximate surface area is 232 Å². The van der Waals surface area contributed by atoms with Crippen molar-refractivity contribution in [2.45, 2.75) is 36.8 Å². The van der Waals surface area contributed by atoms with Crippen molar-refractivity contribution in [3.63, 3.8) is 0 Å². The van der Waals surface area contributed by atoms with Crippen LogP contribution in [-0.4, -0.2) is 36.6 Å². The molecule has 4 atom stereocenters. The van der Waals surface area contributed by atoms with Crippen LogP contribution in [0.5, 0.6) is 40.2 Å². The number of aliphatic hydroxyl groups is 1. The van der Waals surface area contributed by atoms with Crippen LogP contribution in [0.25, 0.3) is 0 Å². The molecule has 11 heteroatoms. The van der Waals surface area contributed by atoms with Gasteiger partial charge in [0.25, 0.3) is 11.5 Å². The van der Waals surface area contributed by atoms with Crippen molar-refractivity contribution in [3.8, 4) is 40.2 Å². The summed E-state index contributed by atoms with van der Waals surface area (Å²) >= 11 is 0. The average Bonchev–Trinajstić information content (AvgIpc) is 2.94. The van der Waals surface area contributed by atoms with Gasteiger partial charge in [0.15, 0.2) is 11.5 Å². The number of fused-ring (bicyclic) bond motifs is 8. The first-order valence-electron chi connectivity index (χ1n) is 12.8. The Morgan fingerprint density at radius 2 is 1.61 bits per heavy atom. The summed E-state index contributed by atoms with van der Waals surface area (Å²) in [5.74, 6) is -1.91. The van der Waals surface area contributed by atoms with E-state index in [9.17, 15) is 35.6 Å². The van der Waals surface area contributed by atoms with Gasteiger partial charge >= 0.3 is 0 Å². The number of rotatable bonds is 3. The number of nitro groups is 1. The third kappa shape index (κ3) is 3.77. The van der Waals surface area contributed by atoms with Crippen molar-refractivity contribution in [3.05, 3.63) is 105 Å². The summed E-state index contributed by atoms with van der Waals surface area (Å²) in [7, 11) is 0. The highest BCUT2D eigenvalue weighted by molar-refractivity contribution is 5.65. The molecule has 0 saturated carbocycles. The quantitative estimate of drug-likeness (QED) is 0.136. The van der Waals surface area contributed by atoms with E-state index in [1.54, 1.807) is 12.1 Å². The van der Waals surface area contributed by atoms with Crippen molar-refractivity contribution >= 4 is 5.69 Å². The Morgan fingerprint density at radius 3 is 2.34 bits per heavy atom. The summed E-state index contributed by atoms with van der Waals surface area (Å²) in [6.45, 7) is 0. The molecule has 0 radical (unpaired) electrons. The Kier molecular flexibility index (Phi) is 5.25. The normalized spacial score (nSPS) is 23.6. The summed E-state index contributed by atoms with van der Waals surface area (Å²) < 4.78 is 19.2. The maximum absolute atomic E-state index is 11.7. The molecule has 0 aliphatic carbocycles. The highest BCUT2D eigenvalue weighted by Gasteiger charge is 2.52. The van der Waals surface area contributed by atoms with Gasteiger partial charge in [-0.1, -0.05) is 6.07 Å². The van der Waals surface area contributed by atoms with Crippen LogP contribution < -0.4 is 14.2 Å². The topological polar surface area (TPSA) is 172 Å². The number of hydrogen-bond acceptors (Lipinski definition) is 10. The zero-order valence-electron chi connectivity index (χ0n) is 21.2. The highest BCUT2D eigenvalue weighted by atomic mass is 16.7. The van der Waals surface area contributed by atoms with Crippen molar-refractivity contribution in [2.24, 2.45) is 0 Å². The number of nitrogens with zero attached hydrogens (tertiary/aromatic N) is 1. The largest absolute Gasteiger partial charge is 0.508 e. The Hall–Kier alpha value is -5.16. The van der Waals surface area contributed by atoms with E-state index in [2.05, 4.69) is 0 Å². The molecule has 3 heterocycles. The van der Waals surface area contributed by atoms with E-state index in [4.69, 9.17) is 14.2 Å². The standard InChI is InChI=1S/C30H23NO10/c32-17-5-2-15(3-6-17)30-13-20(18-10-16(31(37)38)4-8-25(18)40-30)27-26(41-30)12-22(34)19-11-24(36)28(39-29(19)27)14-1-7-21(33)23(35)9-14/h1-10,12,20,24,28,32-36H,11,13H2/t20-,24-,28+,30-/m0/s1. The maximum Gasteiger partial charge on any atom is 0.278 e. The number of phenols is 4. The molecule has 4 aromatic carbocycles. The summed E-state index contributed by atoms with van der Waals surface area (Å²) in [5, 5.41) is 63.4. The molecule has 0 saturated heterocycles. The van der Waals surface area contributed by atoms with Gasteiger partial charge in [-0.25, -0.2) is 0 Å². The lowest BCUT2D eigenvalue weighted by Crippen LogP contribution is -2.47. The fourth-order valence-corrected chi connectivity index (χ4v) is 6.02. The van der Waals surface area contributed by atoms with Crippen LogP contribution in [-0.2, 0) is 12.2 Å². The molecule has 0 unspecified atom stereocenters. The summed E-state index contributed by atoms with van der Waals surface area (Å²) in [5.41, 5.74) is 2.25. The zero-order valence-corrected chi connectivity index (χ0v) is 21.2. The van der Waals surface area contributed by atoms with Gasteiger partial charge in [-0.2, -0.15) is 0 Å². The van der Waals surface area contributed by atoms with Crippen LogP contribution >= 0.6 is 0 Å². The minimum Gasteiger partial charge on any atom is -0.508 e. The minimum atomic E-state index is -1.38. The lowest BCUT2D eigenvalue weighted by molar-refractivity contribution is -0.385. The van der Waals surface area contributed by atoms with E-state index in [-0.39, 0.29) is 53.0 Å². The number of ether oxygens (including phenoxy) is 3. The number of aromatic hydroxyl groups is 4. The van der Waals surface area contributed by atoms with Crippen molar-refractivity contribution in [1.29, 1.82) is 0 Å². The summed E-state index contributed by atoms with van der Waals surface area (Å²) in [6, 6.07) is 16.1. The molecule has 11 nitrogen and oxygen atoms in total. The number of nitro benzene ring substituents is 1. The van der Waals surface area contributed by atoms with Gasteiger partial charge in [0, 0.05) is 59.2 Å². The molecule has 3 aliphatic heterocycles.